The molecule has 1 N–H and O–H groups in total. The molecule has 1 aliphatic heterocycles. The van der Waals surface area contributed by atoms with Crippen molar-refractivity contribution in [3.05, 3.63) is 89.6 Å². The molecule has 172 valence electrons. The first kappa shape index (κ1) is 21.8. The highest BCUT2D eigenvalue weighted by atomic mass is 19.4. The molecular weight excluding hydrogens is 445 g/mol. The first-order valence-corrected chi connectivity index (χ1v) is 10.6. The van der Waals surface area contributed by atoms with E-state index in [1.807, 2.05) is 48.7 Å². The molecule has 34 heavy (non-hydrogen) atoms. The van der Waals surface area contributed by atoms with Crippen LogP contribution in [0.3, 0.4) is 0 Å². The number of H-pyrrole nitrogens is 1. The largest absolute Gasteiger partial charge is 0.491 e. The molecular formula is C26H19F3N2O3. The number of nitrogens with zero attached hydrogens (tertiary/aromatic N) is 1. The molecule has 2 heterocycles. The Morgan fingerprint density at radius 2 is 1.68 bits per heavy atom. The molecule has 0 radical (unpaired) electrons. The van der Waals surface area contributed by atoms with Gasteiger partial charge in [0.05, 0.1) is 6.54 Å². The van der Waals surface area contributed by atoms with Crippen LogP contribution in [0.1, 0.15) is 26.3 Å². The number of carbonyl (C=O) groups excluding carboxylic acids is 2. The summed E-state index contributed by atoms with van der Waals surface area (Å²) in [5.41, 5.74) is 3.56. The number of aromatic amines is 1. The van der Waals surface area contributed by atoms with Crippen LogP contribution in [0.5, 0.6) is 5.75 Å². The standard InChI is InChI=1S/C26H19F3N2O3/c27-26(28,29)24(32)16-5-7-17(8-6-16)25(33)31-11-12-34-23-10-9-18(13-19(23)15-31)21-14-30-22-4-2-1-3-20(21)22/h1-10,13-14,30H,11-12,15H2. The lowest BCUT2D eigenvalue weighted by Gasteiger charge is -2.20. The molecule has 0 saturated heterocycles. The zero-order chi connectivity index (χ0) is 23.9. The number of nitrogens with one attached hydrogen (secondary N) is 1. The number of Topliss-reactive ketones (excluding diaryl/α,β-unsaturated/α-hetero) is 1. The lowest BCUT2D eigenvalue weighted by molar-refractivity contribution is -0.0885. The van der Waals surface area contributed by atoms with Gasteiger partial charge in [-0.05, 0) is 35.9 Å². The SMILES string of the molecule is O=C(c1ccc(C(=O)C(F)(F)F)cc1)N1CCOc2ccc(-c3c[nH]c4ccccc34)cc2C1. The van der Waals surface area contributed by atoms with E-state index in [0.29, 0.717) is 12.3 Å². The molecule has 3 aromatic carbocycles. The van der Waals surface area contributed by atoms with Gasteiger partial charge in [0.15, 0.2) is 0 Å². The Morgan fingerprint density at radius 3 is 2.44 bits per heavy atom. The van der Waals surface area contributed by atoms with Crippen LogP contribution < -0.4 is 4.74 Å². The van der Waals surface area contributed by atoms with Gasteiger partial charge in [-0.2, -0.15) is 13.2 Å². The minimum atomic E-state index is -4.96. The molecule has 1 amide bonds. The molecule has 0 fully saturated rings. The molecule has 5 nitrogen and oxygen atoms in total. The van der Waals surface area contributed by atoms with Crippen molar-refractivity contribution in [2.45, 2.75) is 12.7 Å². The summed E-state index contributed by atoms with van der Waals surface area (Å²) < 4.78 is 43.8. The van der Waals surface area contributed by atoms with Gasteiger partial charge >= 0.3 is 6.18 Å². The van der Waals surface area contributed by atoms with Crippen molar-refractivity contribution in [2.24, 2.45) is 0 Å². The summed E-state index contributed by atoms with van der Waals surface area (Å²) in [5, 5.41) is 1.08. The van der Waals surface area contributed by atoms with Crippen molar-refractivity contribution >= 4 is 22.6 Å². The van der Waals surface area contributed by atoms with E-state index in [4.69, 9.17) is 4.74 Å². The van der Waals surface area contributed by atoms with E-state index in [2.05, 4.69) is 4.98 Å². The van der Waals surface area contributed by atoms with E-state index in [9.17, 15) is 22.8 Å². The molecule has 0 unspecified atom stereocenters. The van der Waals surface area contributed by atoms with Crippen molar-refractivity contribution in [3.8, 4) is 16.9 Å². The van der Waals surface area contributed by atoms with E-state index >= 15 is 0 Å². The summed E-state index contributed by atoms with van der Waals surface area (Å²) in [7, 11) is 0. The van der Waals surface area contributed by atoms with E-state index in [1.54, 1.807) is 4.90 Å². The van der Waals surface area contributed by atoms with Gasteiger partial charge in [-0.1, -0.05) is 36.4 Å². The Bertz CT molecular complexity index is 1390. The minimum absolute atomic E-state index is 0.204. The highest BCUT2D eigenvalue weighted by molar-refractivity contribution is 6.01. The van der Waals surface area contributed by atoms with Gasteiger partial charge in [0.1, 0.15) is 12.4 Å². The molecule has 0 aliphatic carbocycles. The summed E-state index contributed by atoms with van der Waals surface area (Å²) >= 11 is 0. The lowest BCUT2D eigenvalue weighted by atomic mass is 10.0. The third-order valence-corrected chi connectivity index (χ3v) is 5.88. The van der Waals surface area contributed by atoms with Crippen molar-refractivity contribution < 1.29 is 27.5 Å². The molecule has 1 aromatic heterocycles. The third-order valence-electron chi connectivity index (χ3n) is 5.88. The van der Waals surface area contributed by atoms with Crippen LogP contribution in [0.15, 0.2) is 72.9 Å². The van der Waals surface area contributed by atoms with Crippen molar-refractivity contribution in [2.75, 3.05) is 13.2 Å². The van der Waals surface area contributed by atoms with E-state index in [-0.39, 0.29) is 24.6 Å². The fourth-order valence-electron chi connectivity index (χ4n) is 4.16. The van der Waals surface area contributed by atoms with Crippen LogP contribution >= 0.6 is 0 Å². The number of ketones is 1. The number of alkyl halides is 3. The summed E-state index contributed by atoms with van der Waals surface area (Å²) in [5.74, 6) is -1.60. The second-order valence-electron chi connectivity index (χ2n) is 8.05. The lowest BCUT2D eigenvalue weighted by Crippen LogP contribution is -2.32. The van der Waals surface area contributed by atoms with E-state index < -0.39 is 17.5 Å². The number of hydrogen-bond acceptors (Lipinski definition) is 3. The maximum Gasteiger partial charge on any atom is 0.454 e. The Hall–Kier alpha value is -4.07. The van der Waals surface area contributed by atoms with Crippen LogP contribution in [0.2, 0.25) is 0 Å². The number of aromatic nitrogens is 1. The maximum absolute atomic E-state index is 13.1. The number of rotatable bonds is 3. The quantitative estimate of drug-likeness (QED) is 0.401. The Labute approximate surface area is 192 Å². The molecule has 8 heteroatoms. The van der Waals surface area contributed by atoms with Gasteiger partial charge in [-0.15, -0.1) is 0 Å². The van der Waals surface area contributed by atoms with Gasteiger partial charge in [-0.3, -0.25) is 9.59 Å². The predicted octanol–water partition coefficient (Wildman–Crippen LogP) is 5.61. The normalized spacial score (nSPS) is 13.8. The molecule has 4 aromatic rings. The Balaban J connectivity index is 1.41. The van der Waals surface area contributed by atoms with Gasteiger partial charge in [0.2, 0.25) is 0 Å². The van der Waals surface area contributed by atoms with E-state index in [0.717, 1.165) is 39.7 Å². The highest BCUT2D eigenvalue weighted by Gasteiger charge is 2.39. The Morgan fingerprint density at radius 1 is 0.941 bits per heavy atom. The smallest absolute Gasteiger partial charge is 0.454 e. The Kier molecular flexibility index (Phi) is 5.36. The number of benzene rings is 3. The zero-order valence-corrected chi connectivity index (χ0v) is 17.9. The molecule has 0 saturated carbocycles. The zero-order valence-electron chi connectivity index (χ0n) is 17.9. The summed E-state index contributed by atoms with van der Waals surface area (Å²) in [6, 6.07) is 18.4. The van der Waals surface area contributed by atoms with Gasteiger partial charge < -0.3 is 14.6 Å². The van der Waals surface area contributed by atoms with Crippen LogP contribution in [-0.4, -0.2) is 40.9 Å². The second-order valence-corrected chi connectivity index (χ2v) is 8.05. The number of para-hydroxylation sites is 1. The fraction of sp³-hybridized carbons (Fsp3) is 0.154. The van der Waals surface area contributed by atoms with Gasteiger partial charge in [0.25, 0.3) is 11.7 Å². The molecule has 5 rings (SSSR count). The number of carbonyl (C=O) groups is 2. The molecule has 0 bridgehead atoms. The summed E-state index contributed by atoms with van der Waals surface area (Å²) in [6.45, 7) is 0.891. The summed E-state index contributed by atoms with van der Waals surface area (Å²) in [4.78, 5) is 29.3. The average Bonchev–Trinajstić information content (AvgIpc) is 3.15. The number of ether oxygens (including phenoxy) is 1. The monoisotopic (exact) mass is 464 g/mol. The first-order chi connectivity index (χ1) is 16.3. The third kappa shape index (κ3) is 4.03. The summed E-state index contributed by atoms with van der Waals surface area (Å²) in [6.07, 6.45) is -3.02. The van der Waals surface area contributed by atoms with Crippen LogP contribution in [0.25, 0.3) is 22.0 Å². The maximum atomic E-state index is 13.1. The van der Waals surface area contributed by atoms with Gasteiger partial charge in [-0.25, -0.2) is 0 Å². The number of fused-ring (bicyclic) bond motifs is 2. The average molecular weight is 464 g/mol. The first-order valence-electron chi connectivity index (χ1n) is 10.6. The van der Waals surface area contributed by atoms with E-state index in [1.165, 1.54) is 12.1 Å². The predicted molar refractivity (Wildman–Crippen MR) is 121 cm³/mol. The fourth-order valence-corrected chi connectivity index (χ4v) is 4.16. The minimum Gasteiger partial charge on any atom is -0.491 e. The molecule has 1 aliphatic rings. The molecule has 0 spiro atoms. The van der Waals surface area contributed by atoms with Crippen molar-refractivity contribution in [3.63, 3.8) is 0 Å². The second kappa shape index (κ2) is 8.37. The van der Waals surface area contributed by atoms with Crippen LogP contribution in [-0.2, 0) is 6.54 Å². The van der Waals surface area contributed by atoms with Gasteiger partial charge in [0, 0.05) is 45.9 Å². The number of halogens is 3. The van der Waals surface area contributed by atoms with Crippen molar-refractivity contribution in [1.29, 1.82) is 0 Å². The van der Waals surface area contributed by atoms with Crippen LogP contribution in [0.4, 0.5) is 13.2 Å². The van der Waals surface area contributed by atoms with Crippen LogP contribution in [0, 0.1) is 0 Å². The molecule has 0 atom stereocenters. The topological polar surface area (TPSA) is 62.4 Å². The number of amides is 1. The number of hydrogen-bond donors (Lipinski definition) is 1. The van der Waals surface area contributed by atoms with Crippen molar-refractivity contribution in [1.82, 2.24) is 9.88 Å². The highest BCUT2D eigenvalue weighted by Crippen LogP contribution is 2.33.